The Morgan fingerprint density at radius 2 is 2.00 bits per heavy atom. The van der Waals surface area contributed by atoms with Gasteiger partial charge >= 0.3 is 6.09 Å². The number of anilines is 1. The van der Waals surface area contributed by atoms with E-state index in [1.807, 2.05) is 9.47 Å². The number of benzene rings is 1. The van der Waals surface area contributed by atoms with E-state index >= 15 is 4.39 Å². The molecule has 0 radical (unpaired) electrons. The average Bonchev–Trinajstić information content (AvgIpc) is 3.30. The number of hydrogen-bond donors (Lipinski definition) is 2. The highest BCUT2D eigenvalue weighted by atomic mass is 19.1. The molecule has 2 aliphatic rings. The highest BCUT2D eigenvalue weighted by molar-refractivity contribution is 5.93. The zero-order chi connectivity index (χ0) is 22.8. The van der Waals surface area contributed by atoms with E-state index in [1.165, 1.54) is 6.07 Å². The fourth-order valence-electron chi connectivity index (χ4n) is 4.35. The van der Waals surface area contributed by atoms with Crippen LogP contribution in [0.2, 0.25) is 0 Å². The number of carbonyl (C=O) groups is 1. The number of halogens is 1. The van der Waals surface area contributed by atoms with Crippen molar-refractivity contribution >= 4 is 33.8 Å². The fraction of sp³-hybridized carbons (Fsp3) is 0.500. The number of ether oxygens (including phenoxy) is 1. The lowest BCUT2D eigenvalue weighted by molar-refractivity contribution is 0.0509. The molecule has 0 spiro atoms. The Morgan fingerprint density at radius 3 is 2.69 bits per heavy atom. The molecule has 2 fully saturated rings. The molecule has 3 heterocycles. The van der Waals surface area contributed by atoms with E-state index in [9.17, 15) is 14.4 Å². The lowest BCUT2D eigenvalue weighted by atomic mass is 10.1. The minimum Gasteiger partial charge on any atom is -0.444 e. The van der Waals surface area contributed by atoms with Crippen molar-refractivity contribution < 1.29 is 18.4 Å². The number of H-pyrrole nitrogens is 1. The number of nitrogens with zero attached hydrogens (tertiary/aromatic N) is 2. The zero-order valence-corrected chi connectivity index (χ0v) is 18.2. The lowest BCUT2D eigenvalue weighted by Crippen LogP contribution is -2.40. The van der Waals surface area contributed by atoms with Gasteiger partial charge in [-0.2, -0.15) is 5.16 Å². The number of aromatic nitrogens is 2. The van der Waals surface area contributed by atoms with Crippen LogP contribution in [0, 0.1) is 5.82 Å². The van der Waals surface area contributed by atoms with Gasteiger partial charge in [0.15, 0.2) is 5.39 Å². The molecule has 2 aromatic heterocycles. The number of alkyl carbamates (subject to hydrolysis) is 1. The normalized spacial score (nSPS) is 19.1. The smallest absolute Gasteiger partial charge is 0.407 e. The van der Waals surface area contributed by atoms with Crippen LogP contribution in [0.15, 0.2) is 26.2 Å². The van der Waals surface area contributed by atoms with Crippen molar-refractivity contribution in [3.05, 3.63) is 38.5 Å². The number of pyridine rings is 1. The van der Waals surface area contributed by atoms with Gasteiger partial charge in [0.1, 0.15) is 11.4 Å². The van der Waals surface area contributed by atoms with Crippen LogP contribution >= 0.6 is 0 Å². The second-order valence-corrected chi connectivity index (χ2v) is 9.54. The maximum absolute atomic E-state index is 15.1. The molecule has 1 saturated heterocycles. The molecule has 1 unspecified atom stereocenters. The van der Waals surface area contributed by atoms with Crippen molar-refractivity contribution in [1.82, 2.24) is 15.0 Å². The van der Waals surface area contributed by atoms with Crippen LogP contribution < -0.4 is 21.2 Å². The van der Waals surface area contributed by atoms with Gasteiger partial charge < -0.3 is 24.0 Å². The van der Waals surface area contributed by atoms with Gasteiger partial charge in [0.25, 0.3) is 5.56 Å². The first kappa shape index (κ1) is 20.6. The van der Waals surface area contributed by atoms with Gasteiger partial charge in [-0.05, 0) is 52.2 Å². The highest BCUT2D eigenvalue weighted by Crippen LogP contribution is 2.40. The van der Waals surface area contributed by atoms with Crippen molar-refractivity contribution in [3.63, 3.8) is 0 Å². The third kappa shape index (κ3) is 3.53. The number of rotatable bonds is 3. The third-order valence-electron chi connectivity index (χ3n) is 5.86. The Kier molecular flexibility index (Phi) is 4.58. The van der Waals surface area contributed by atoms with Crippen LogP contribution in [-0.2, 0) is 4.74 Å². The Hall–Kier alpha value is -3.30. The summed E-state index contributed by atoms with van der Waals surface area (Å²) in [7, 11) is 0. The fourth-order valence-corrected chi connectivity index (χ4v) is 4.35. The van der Waals surface area contributed by atoms with E-state index in [1.54, 1.807) is 26.8 Å². The molecule has 1 aliphatic carbocycles. The summed E-state index contributed by atoms with van der Waals surface area (Å²) in [6.45, 7) is 6.33. The van der Waals surface area contributed by atoms with Gasteiger partial charge in [0.2, 0.25) is 11.1 Å². The van der Waals surface area contributed by atoms with E-state index in [-0.39, 0.29) is 28.6 Å². The zero-order valence-electron chi connectivity index (χ0n) is 18.2. The largest absolute Gasteiger partial charge is 0.444 e. The van der Waals surface area contributed by atoms with E-state index in [2.05, 4.69) is 10.5 Å². The molecule has 9 nitrogen and oxygen atoms in total. The van der Waals surface area contributed by atoms with Gasteiger partial charge in [-0.3, -0.25) is 9.59 Å². The van der Waals surface area contributed by atoms with E-state index < -0.39 is 28.5 Å². The van der Waals surface area contributed by atoms with Gasteiger partial charge in [0.05, 0.1) is 17.2 Å². The lowest BCUT2D eigenvalue weighted by Gasteiger charge is -2.23. The summed E-state index contributed by atoms with van der Waals surface area (Å²) in [5.74, 6) is -0.547. The summed E-state index contributed by atoms with van der Waals surface area (Å²) in [4.78, 5) is 38.9. The van der Waals surface area contributed by atoms with E-state index in [4.69, 9.17) is 9.26 Å². The first-order valence-corrected chi connectivity index (χ1v) is 10.8. The number of aromatic amines is 1. The molecule has 1 aliphatic heterocycles. The maximum Gasteiger partial charge on any atom is 0.407 e. The summed E-state index contributed by atoms with van der Waals surface area (Å²) in [5, 5.41) is 5.13. The molecule has 0 bridgehead atoms. The van der Waals surface area contributed by atoms with E-state index in [0.29, 0.717) is 30.7 Å². The molecule has 1 amide bonds. The van der Waals surface area contributed by atoms with Crippen LogP contribution in [0.1, 0.15) is 46.1 Å². The topological polar surface area (TPSA) is 110 Å². The predicted molar refractivity (Wildman–Crippen MR) is 117 cm³/mol. The summed E-state index contributed by atoms with van der Waals surface area (Å²) in [6.07, 6.45) is 1.91. The Morgan fingerprint density at radius 1 is 1.25 bits per heavy atom. The monoisotopic (exact) mass is 444 g/mol. The van der Waals surface area contributed by atoms with Crippen LogP contribution in [0.3, 0.4) is 0 Å². The van der Waals surface area contributed by atoms with Gasteiger partial charge in [-0.15, -0.1) is 0 Å². The van der Waals surface area contributed by atoms with Crippen LogP contribution in [0.5, 0.6) is 0 Å². The summed E-state index contributed by atoms with van der Waals surface area (Å²) >= 11 is 0. The van der Waals surface area contributed by atoms with E-state index in [0.717, 1.165) is 12.8 Å². The second-order valence-electron chi connectivity index (χ2n) is 9.54. The maximum atomic E-state index is 15.1. The molecule has 3 aromatic rings. The molecule has 32 heavy (non-hydrogen) atoms. The SMILES string of the molecule is CC(C)(C)OC(=O)NC1CCN(c2cc3c(cc2F)c(=O)c2c(=O)[nH]oc2n3C2CC2)C1. The standard InChI is InChI=1S/C22H25FN4O5/c1-22(2,3)31-21(30)24-11-6-7-26(10-11)16-9-15-13(8-14(16)23)18(28)17-19(29)25-32-20(17)27(15)12-4-5-12/h8-9,11-12H,4-7,10H2,1-3H3,(H,24,30)(H,25,29). The number of fused-ring (bicyclic) bond motifs is 2. The molecule has 2 N–H and O–H groups in total. The van der Waals surface area contributed by atoms with Crippen molar-refractivity contribution in [3.8, 4) is 0 Å². The van der Waals surface area contributed by atoms with Crippen LogP contribution in [0.4, 0.5) is 14.9 Å². The summed E-state index contributed by atoms with van der Waals surface area (Å²) in [5.41, 5.74) is -0.680. The molecule has 5 rings (SSSR count). The minimum absolute atomic E-state index is 0.0839. The number of amides is 1. The first-order chi connectivity index (χ1) is 15.1. The molecular weight excluding hydrogens is 419 g/mol. The highest BCUT2D eigenvalue weighted by Gasteiger charge is 2.32. The Balaban J connectivity index is 1.51. The first-order valence-electron chi connectivity index (χ1n) is 10.8. The van der Waals surface area contributed by atoms with Crippen LogP contribution in [-0.4, -0.2) is 40.5 Å². The minimum atomic E-state index is -0.610. The van der Waals surface area contributed by atoms with Gasteiger partial charge in [0, 0.05) is 24.5 Å². The molecule has 10 heteroatoms. The summed E-state index contributed by atoms with van der Waals surface area (Å²) < 4.78 is 27.6. The van der Waals surface area contributed by atoms with Crippen molar-refractivity contribution in [2.45, 2.75) is 57.7 Å². The Bertz CT molecular complexity index is 1340. The van der Waals surface area contributed by atoms with Crippen molar-refractivity contribution in [2.75, 3.05) is 18.0 Å². The third-order valence-corrected chi connectivity index (χ3v) is 5.86. The average molecular weight is 444 g/mol. The molecule has 170 valence electrons. The molecular formula is C22H25FN4O5. The van der Waals surface area contributed by atoms with Crippen LogP contribution in [0.25, 0.3) is 22.0 Å². The number of nitrogens with one attached hydrogen (secondary N) is 2. The summed E-state index contributed by atoms with van der Waals surface area (Å²) in [6, 6.07) is 2.76. The predicted octanol–water partition coefficient (Wildman–Crippen LogP) is 3.01. The van der Waals surface area contributed by atoms with Gasteiger partial charge in [-0.25, -0.2) is 9.18 Å². The molecule has 1 aromatic carbocycles. The van der Waals surface area contributed by atoms with Crippen molar-refractivity contribution in [1.29, 1.82) is 0 Å². The van der Waals surface area contributed by atoms with Crippen molar-refractivity contribution in [2.24, 2.45) is 0 Å². The second kappa shape index (κ2) is 7.11. The molecule has 1 saturated carbocycles. The molecule has 1 atom stereocenters. The number of carbonyl (C=O) groups excluding carboxylic acids is 1. The van der Waals surface area contributed by atoms with Gasteiger partial charge in [-0.1, -0.05) is 0 Å². The Labute approximate surface area is 182 Å². The quantitative estimate of drug-likeness (QED) is 0.643. The number of hydrogen-bond acceptors (Lipinski definition) is 6.